The Labute approximate surface area is 92.2 Å². The van der Waals surface area contributed by atoms with Crippen molar-refractivity contribution in [2.45, 2.75) is 13.8 Å². The molecule has 1 aromatic heterocycles. The molecule has 0 saturated carbocycles. The molecule has 4 nitrogen and oxygen atoms in total. The predicted octanol–water partition coefficient (Wildman–Crippen LogP) is 2.26. The van der Waals surface area contributed by atoms with E-state index in [0.717, 1.165) is 5.56 Å². The number of fused-ring (bicyclic) bond motifs is 1. The van der Waals surface area contributed by atoms with Gasteiger partial charge in [0.1, 0.15) is 5.56 Å². The number of pyridine rings is 1. The molecular weight excluding hydrogens is 206 g/mol. The standard InChI is InChI=1S/C12H11NO3/c1-6-3-4-9-8(5-6)10(12(15)16)11(14)7(2)13-9/h3-5,14H,1-2H3,(H,15,16). The minimum Gasteiger partial charge on any atom is -0.505 e. The zero-order valence-electron chi connectivity index (χ0n) is 8.98. The van der Waals surface area contributed by atoms with Crippen molar-refractivity contribution >= 4 is 16.9 Å². The summed E-state index contributed by atoms with van der Waals surface area (Å²) >= 11 is 0. The van der Waals surface area contributed by atoms with Crippen LogP contribution in [0.2, 0.25) is 0 Å². The summed E-state index contributed by atoms with van der Waals surface area (Å²) in [6.45, 7) is 3.45. The molecule has 0 atom stereocenters. The summed E-state index contributed by atoms with van der Waals surface area (Å²) in [6, 6.07) is 5.33. The number of carbonyl (C=O) groups is 1. The summed E-state index contributed by atoms with van der Waals surface area (Å²) in [5, 5.41) is 19.3. The molecule has 82 valence electrons. The second kappa shape index (κ2) is 3.48. The zero-order chi connectivity index (χ0) is 11.9. The maximum atomic E-state index is 11.1. The first kappa shape index (κ1) is 10.4. The molecule has 0 aliphatic rings. The number of aromatic hydroxyl groups is 1. The Morgan fingerprint density at radius 3 is 2.62 bits per heavy atom. The topological polar surface area (TPSA) is 70.4 Å². The van der Waals surface area contributed by atoms with Gasteiger partial charge in [-0.25, -0.2) is 9.78 Å². The number of carboxylic acids is 1. The fourth-order valence-electron chi connectivity index (χ4n) is 1.71. The highest BCUT2D eigenvalue weighted by Gasteiger charge is 2.17. The van der Waals surface area contributed by atoms with Crippen molar-refractivity contribution in [3.05, 3.63) is 35.0 Å². The molecule has 16 heavy (non-hydrogen) atoms. The first-order valence-corrected chi connectivity index (χ1v) is 4.84. The van der Waals surface area contributed by atoms with E-state index in [1.807, 2.05) is 13.0 Å². The number of aryl methyl sites for hydroxylation is 2. The van der Waals surface area contributed by atoms with E-state index in [1.165, 1.54) is 0 Å². The van der Waals surface area contributed by atoms with E-state index >= 15 is 0 Å². The normalized spacial score (nSPS) is 10.6. The van der Waals surface area contributed by atoms with E-state index in [2.05, 4.69) is 4.98 Å². The lowest BCUT2D eigenvalue weighted by atomic mass is 10.0. The van der Waals surface area contributed by atoms with Gasteiger partial charge in [0.25, 0.3) is 0 Å². The summed E-state index contributed by atoms with van der Waals surface area (Å²) in [5.74, 6) is -1.40. The van der Waals surface area contributed by atoms with Gasteiger partial charge in [0, 0.05) is 5.39 Å². The highest BCUT2D eigenvalue weighted by atomic mass is 16.4. The van der Waals surface area contributed by atoms with Crippen LogP contribution in [0, 0.1) is 13.8 Å². The number of hydrogen-bond donors (Lipinski definition) is 2. The number of hydrogen-bond acceptors (Lipinski definition) is 3. The molecule has 0 bridgehead atoms. The van der Waals surface area contributed by atoms with Gasteiger partial charge in [0.2, 0.25) is 0 Å². The Bertz CT molecular complexity index is 590. The maximum Gasteiger partial charge on any atom is 0.340 e. The molecule has 2 N–H and O–H groups in total. The van der Waals surface area contributed by atoms with Gasteiger partial charge in [0.15, 0.2) is 5.75 Å². The van der Waals surface area contributed by atoms with Crippen LogP contribution in [0.25, 0.3) is 10.9 Å². The van der Waals surface area contributed by atoms with Crippen LogP contribution in [0.4, 0.5) is 0 Å². The van der Waals surface area contributed by atoms with Crippen LogP contribution in [-0.2, 0) is 0 Å². The lowest BCUT2D eigenvalue weighted by molar-refractivity contribution is 0.0695. The van der Waals surface area contributed by atoms with Crippen molar-refractivity contribution in [1.82, 2.24) is 4.98 Å². The smallest absolute Gasteiger partial charge is 0.340 e. The summed E-state index contributed by atoms with van der Waals surface area (Å²) in [5.41, 5.74) is 1.76. The number of aromatic nitrogens is 1. The molecule has 0 aliphatic carbocycles. The molecule has 0 amide bonds. The molecule has 4 heteroatoms. The summed E-state index contributed by atoms with van der Waals surface area (Å²) in [4.78, 5) is 15.3. The average molecular weight is 217 g/mol. The van der Waals surface area contributed by atoms with Crippen LogP contribution in [0.15, 0.2) is 18.2 Å². The Morgan fingerprint density at radius 1 is 1.31 bits per heavy atom. The Morgan fingerprint density at radius 2 is 2.00 bits per heavy atom. The fourth-order valence-corrected chi connectivity index (χ4v) is 1.71. The SMILES string of the molecule is Cc1ccc2nc(C)c(O)c(C(=O)O)c2c1. The lowest BCUT2D eigenvalue weighted by Crippen LogP contribution is -2.01. The van der Waals surface area contributed by atoms with Gasteiger partial charge in [-0.3, -0.25) is 0 Å². The number of nitrogens with zero attached hydrogens (tertiary/aromatic N) is 1. The van der Waals surface area contributed by atoms with E-state index in [4.69, 9.17) is 5.11 Å². The third-order valence-electron chi connectivity index (χ3n) is 2.50. The van der Waals surface area contributed by atoms with Crippen molar-refractivity contribution in [3.63, 3.8) is 0 Å². The average Bonchev–Trinajstić information content (AvgIpc) is 2.20. The molecular formula is C12H11NO3. The van der Waals surface area contributed by atoms with Gasteiger partial charge in [0.05, 0.1) is 11.2 Å². The monoisotopic (exact) mass is 217 g/mol. The van der Waals surface area contributed by atoms with E-state index in [1.54, 1.807) is 19.1 Å². The minimum atomic E-state index is -1.14. The molecule has 1 heterocycles. The van der Waals surface area contributed by atoms with Crippen LogP contribution in [0.5, 0.6) is 5.75 Å². The Kier molecular flexibility index (Phi) is 2.27. The van der Waals surface area contributed by atoms with E-state index in [-0.39, 0.29) is 11.3 Å². The third kappa shape index (κ3) is 1.48. The van der Waals surface area contributed by atoms with Crippen LogP contribution < -0.4 is 0 Å². The van der Waals surface area contributed by atoms with Crippen molar-refractivity contribution < 1.29 is 15.0 Å². The van der Waals surface area contributed by atoms with Gasteiger partial charge in [-0.2, -0.15) is 0 Å². The van der Waals surface area contributed by atoms with Crippen molar-refractivity contribution in [3.8, 4) is 5.75 Å². The highest BCUT2D eigenvalue weighted by molar-refractivity contribution is 6.05. The molecule has 0 spiro atoms. The van der Waals surface area contributed by atoms with Gasteiger partial charge in [-0.1, -0.05) is 11.6 Å². The van der Waals surface area contributed by atoms with Crippen LogP contribution in [0.1, 0.15) is 21.6 Å². The van der Waals surface area contributed by atoms with E-state index in [0.29, 0.717) is 16.6 Å². The van der Waals surface area contributed by atoms with Crippen LogP contribution in [0.3, 0.4) is 0 Å². The Hall–Kier alpha value is -2.10. The third-order valence-corrected chi connectivity index (χ3v) is 2.50. The van der Waals surface area contributed by atoms with Crippen LogP contribution in [-0.4, -0.2) is 21.2 Å². The summed E-state index contributed by atoms with van der Waals surface area (Å²) in [6.07, 6.45) is 0. The van der Waals surface area contributed by atoms with Gasteiger partial charge >= 0.3 is 5.97 Å². The van der Waals surface area contributed by atoms with Crippen molar-refractivity contribution in [2.24, 2.45) is 0 Å². The molecule has 0 saturated heterocycles. The van der Waals surface area contributed by atoms with Crippen LogP contribution >= 0.6 is 0 Å². The largest absolute Gasteiger partial charge is 0.505 e. The fraction of sp³-hybridized carbons (Fsp3) is 0.167. The molecule has 0 fully saturated rings. The minimum absolute atomic E-state index is 0.0776. The number of aromatic carboxylic acids is 1. The first-order chi connectivity index (χ1) is 7.50. The Balaban J connectivity index is 2.96. The van der Waals surface area contributed by atoms with Crippen molar-refractivity contribution in [2.75, 3.05) is 0 Å². The number of benzene rings is 1. The van der Waals surface area contributed by atoms with Crippen molar-refractivity contribution in [1.29, 1.82) is 0 Å². The zero-order valence-corrected chi connectivity index (χ0v) is 8.98. The number of carboxylic acid groups (broad SMARTS) is 1. The maximum absolute atomic E-state index is 11.1. The first-order valence-electron chi connectivity index (χ1n) is 4.84. The quantitative estimate of drug-likeness (QED) is 0.768. The van der Waals surface area contributed by atoms with Gasteiger partial charge < -0.3 is 10.2 Å². The summed E-state index contributed by atoms with van der Waals surface area (Å²) < 4.78 is 0. The molecule has 2 rings (SSSR count). The highest BCUT2D eigenvalue weighted by Crippen LogP contribution is 2.28. The molecule has 1 aromatic carbocycles. The number of rotatable bonds is 1. The molecule has 0 unspecified atom stereocenters. The summed E-state index contributed by atoms with van der Waals surface area (Å²) in [7, 11) is 0. The predicted molar refractivity (Wildman–Crippen MR) is 59.8 cm³/mol. The molecule has 0 radical (unpaired) electrons. The van der Waals surface area contributed by atoms with Gasteiger partial charge in [-0.15, -0.1) is 0 Å². The lowest BCUT2D eigenvalue weighted by Gasteiger charge is -2.08. The van der Waals surface area contributed by atoms with E-state index in [9.17, 15) is 9.90 Å². The van der Waals surface area contributed by atoms with E-state index < -0.39 is 5.97 Å². The molecule has 0 aliphatic heterocycles. The van der Waals surface area contributed by atoms with Gasteiger partial charge in [-0.05, 0) is 26.0 Å². The molecule has 2 aromatic rings. The second-order valence-corrected chi connectivity index (χ2v) is 3.75. The second-order valence-electron chi connectivity index (χ2n) is 3.75.